The minimum atomic E-state index is -0.251. The van der Waals surface area contributed by atoms with Gasteiger partial charge in [0.1, 0.15) is 17.3 Å². The largest absolute Gasteiger partial charge is 0.324 e. The zero-order valence-electron chi connectivity index (χ0n) is 17.1. The number of fused-ring (bicyclic) bond motifs is 2. The number of hydrogen-bond donors (Lipinski definition) is 1. The zero-order valence-corrected chi connectivity index (χ0v) is 17.1. The highest BCUT2D eigenvalue weighted by Gasteiger charge is 2.23. The van der Waals surface area contributed by atoms with Gasteiger partial charge in [0.15, 0.2) is 0 Å². The molecular weight excluding hydrogens is 376 g/mol. The molecule has 2 aromatic heterocycles. The predicted molar refractivity (Wildman–Crippen MR) is 116 cm³/mol. The Hall–Kier alpha value is -3.24. The van der Waals surface area contributed by atoms with Gasteiger partial charge in [0, 0.05) is 36.4 Å². The summed E-state index contributed by atoms with van der Waals surface area (Å²) in [7, 11) is 2.14. The molecule has 7 nitrogen and oxygen atoms in total. The lowest BCUT2D eigenvalue weighted by Gasteiger charge is -2.25. The monoisotopic (exact) mass is 400 g/mol. The number of rotatable bonds is 3. The van der Waals surface area contributed by atoms with Crippen molar-refractivity contribution < 1.29 is 0 Å². The van der Waals surface area contributed by atoms with Crippen LogP contribution in [0.4, 0.5) is 11.6 Å². The molecule has 0 atom stereocenters. The molecule has 1 aromatic carbocycles. The molecule has 152 valence electrons. The first-order chi connectivity index (χ1) is 14.6. The number of nitriles is 1. The quantitative estimate of drug-likeness (QED) is 0.724. The average molecular weight is 400 g/mol. The van der Waals surface area contributed by atoms with Crippen molar-refractivity contribution in [3.05, 3.63) is 57.5 Å². The predicted octanol–water partition coefficient (Wildman–Crippen LogP) is 3.51. The molecule has 7 heteroatoms. The Kier molecular flexibility index (Phi) is 4.72. The molecule has 0 amide bonds. The standard InChI is InChI=1S/C23H24N6O/c1-28-9-8-15-11-19(7-6-16(15)14-28)26-23-25-13-18-10-17(12-24)22(30)29(21(18)27-23)20-4-2-3-5-20/h6-7,10-11,13,20H,2-5,8-9,14H2,1H3,(H,25,26,27). The minimum absolute atomic E-state index is 0.0942. The first-order valence-corrected chi connectivity index (χ1v) is 10.5. The van der Waals surface area contributed by atoms with Crippen molar-refractivity contribution in [2.45, 2.75) is 44.7 Å². The molecule has 1 aliphatic carbocycles. The Labute approximate surface area is 175 Å². The summed E-state index contributed by atoms with van der Waals surface area (Å²) in [6.45, 7) is 2.02. The van der Waals surface area contributed by atoms with E-state index in [1.165, 1.54) is 11.1 Å². The van der Waals surface area contributed by atoms with Crippen LogP contribution >= 0.6 is 0 Å². The Balaban J connectivity index is 1.54. The molecular formula is C23H24N6O. The number of likely N-dealkylation sites (N-methyl/N-ethyl adjacent to an activating group) is 1. The van der Waals surface area contributed by atoms with E-state index < -0.39 is 0 Å². The molecule has 30 heavy (non-hydrogen) atoms. The molecule has 1 N–H and O–H groups in total. The third-order valence-corrected chi connectivity index (χ3v) is 6.25. The SMILES string of the molecule is CN1CCc2cc(Nc3ncc4cc(C#N)c(=O)n(C5CCCC5)c4n3)ccc2C1. The van der Waals surface area contributed by atoms with Crippen LogP contribution in [0.5, 0.6) is 0 Å². The van der Waals surface area contributed by atoms with E-state index in [0.717, 1.165) is 56.3 Å². The van der Waals surface area contributed by atoms with E-state index >= 15 is 0 Å². The van der Waals surface area contributed by atoms with E-state index in [1.54, 1.807) is 16.8 Å². The van der Waals surface area contributed by atoms with Crippen LogP contribution in [0.25, 0.3) is 11.0 Å². The average Bonchev–Trinajstić information content (AvgIpc) is 3.28. The summed E-state index contributed by atoms with van der Waals surface area (Å²) in [6, 6.07) is 10.1. The highest BCUT2D eigenvalue weighted by Crippen LogP contribution is 2.31. The van der Waals surface area contributed by atoms with Crippen LogP contribution in [-0.4, -0.2) is 33.0 Å². The maximum Gasteiger partial charge on any atom is 0.270 e. The number of nitrogens with zero attached hydrogens (tertiary/aromatic N) is 5. The van der Waals surface area contributed by atoms with Crippen molar-refractivity contribution in [1.29, 1.82) is 5.26 Å². The topological polar surface area (TPSA) is 86.8 Å². The van der Waals surface area contributed by atoms with Crippen molar-refractivity contribution >= 4 is 22.7 Å². The number of benzene rings is 1. The molecule has 2 aliphatic rings. The van der Waals surface area contributed by atoms with Crippen LogP contribution in [0.3, 0.4) is 0 Å². The number of anilines is 2. The van der Waals surface area contributed by atoms with E-state index in [-0.39, 0.29) is 17.2 Å². The van der Waals surface area contributed by atoms with Crippen LogP contribution in [0, 0.1) is 11.3 Å². The second-order valence-electron chi connectivity index (χ2n) is 8.35. The normalized spacial score (nSPS) is 17.1. The molecule has 1 fully saturated rings. The Morgan fingerprint density at radius 1 is 1.20 bits per heavy atom. The fourth-order valence-electron chi connectivity index (χ4n) is 4.66. The van der Waals surface area contributed by atoms with Gasteiger partial charge in [-0.05, 0) is 55.6 Å². The number of hydrogen-bond acceptors (Lipinski definition) is 6. The van der Waals surface area contributed by atoms with Gasteiger partial charge in [-0.1, -0.05) is 18.9 Å². The van der Waals surface area contributed by atoms with Crippen LogP contribution < -0.4 is 10.9 Å². The number of pyridine rings is 1. The fraction of sp³-hybridized carbons (Fsp3) is 0.391. The van der Waals surface area contributed by atoms with Crippen LogP contribution in [0.2, 0.25) is 0 Å². The van der Waals surface area contributed by atoms with Gasteiger partial charge in [-0.3, -0.25) is 9.36 Å². The van der Waals surface area contributed by atoms with Gasteiger partial charge in [-0.25, -0.2) is 4.98 Å². The van der Waals surface area contributed by atoms with Gasteiger partial charge in [0.2, 0.25) is 5.95 Å². The van der Waals surface area contributed by atoms with Gasteiger partial charge in [-0.2, -0.15) is 10.2 Å². The number of aromatic nitrogens is 3. The third-order valence-electron chi connectivity index (χ3n) is 6.25. The van der Waals surface area contributed by atoms with E-state index in [2.05, 4.69) is 34.4 Å². The Bertz CT molecular complexity index is 1220. The van der Waals surface area contributed by atoms with Crippen molar-refractivity contribution in [2.75, 3.05) is 18.9 Å². The molecule has 0 bridgehead atoms. The molecule has 3 aromatic rings. The fourth-order valence-corrected chi connectivity index (χ4v) is 4.66. The van der Waals surface area contributed by atoms with E-state index in [0.29, 0.717) is 11.6 Å². The van der Waals surface area contributed by atoms with Crippen LogP contribution in [0.15, 0.2) is 35.3 Å². The van der Waals surface area contributed by atoms with Gasteiger partial charge in [0.05, 0.1) is 0 Å². The van der Waals surface area contributed by atoms with E-state index in [9.17, 15) is 10.1 Å². The van der Waals surface area contributed by atoms with Crippen molar-refractivity contribution in [2.24, 2.45) is 0 Å². The lowest BCUT2D eigenvalue weighted by atomic mass is 9.99. The molecule has 5 rings (SSSR count). The first-order valence-electron chi connectivity index (χ1n) is 10.5. The molecule has 1 aliphatic heterocycles. The first kappa shape index (κ1) is 18.8. The molecule has 1 saturated carbocycles. The maximum atomic E-state index is 12.9. The van der Waals surface area contributed by atoms with Gasteiger partial charge in [-0.15, -0.1) is 0 Å². The van der Waals surface area contributed by atoms with E-state index in [4.69, 9.17) is 4.98 Å². The summed E-state index contributed by atoms with van der Waals surface area (Å²) in [6.07, 6.45) is 6.79. The van der Waals surface area contributed by atoms with Crippen LogP contribution in [-0.2, 0) is 13.0 Å². The van der Waals surface area contributed by atoms with Gasteiger partial charge < -0.3 is 10.2 Å². The highest BCUT2D eigenvalue weighted by atomic mass is 16.1. The van der Waals surface area contributed by atoms with Crippen molar-refractivity contribution in [3.8, 4) is 6.07 Å². The summed E-state index contributed by atoms with van der Waals surface area (Å²) in [5.41, 5.74) is 4.15. The summed E-state index contributed by atoms with van der Waals surface area (Å²) >= 11 is 0. The second kappa shape index (κ2) is 7.54. The van der Waals surface area contributed by atoms with E-state index in [1.807, 2.05) is 12.1 Å². The summed E-state index contributed by atoms with van der Waals surface area (Å²) in [4.78, 5) is 24.4. The van der Waals surface area contributed by atoms with Crippen molar-refractivity contribution in [1.82, 2.24) is 19.4 Å². The van der Waals surface area contributed by atoms with Gasteiger partial charge in [0.25, 0.3) is 5.56 Å². The van der Waals surface area contributed by atoms with Crippen molar-refractivity contribution in [3.63, 3.8) is 0 Å². The highest BCUT2D eigenvalue weighted by molar-refractivity contribution is 5.77. The molecule has 0 unspecified atom stereocenters. The summed E-state index contributed by atoms with van der Waals surface area (Å²) in [5.74, 6) is 0.464. The third kappa shape index (κ3) is 3.33. The Morgan fingerprint density at radius 3 is 2.83 bits per heavy atom. The lowest BCUT2D eigenvalue weighted by molar-refractivity contribution is 0.313. The molecule has 0 radical (unpaired) electrons. The molecule has 0 spiro atoms. The maximum absolute atomic E-state index is 12.9. The van der Waals surface area contributed by atoms with Gasteiger partial charge >= 0.3 is 0 Å². The smallest absolute Gasteiger partial charge is 0.270 e. The Morgan fingerprint density at radius 2 is 2.03 bits per heavy atom. The second-order valence-corrected chi connectivity index (χ2v) is 8.35. The summed E-state index contributed by atoms with van der Waals surface area (Å²) < 4.78 is 1.72. The molecule has 3 heterocycles. The zero-order chi connectivity index (χ0) is 20.7. The molecule has 0 saturated heterocycles. The summed E-state index contributed by atoms with van der Waals surface area (Å²) in [5, 5.41) is 13.4. The number of nitrogens with one attached hydrogen (secondary N) is 1. The minimum Gasteiger partial charge on any atom is -0.324 e. The van der Waals surface area contributed by atoms with Crippen LogP contribution in [0.1, 0.15) is 48.4 Å². The lowest BCUT2D eigenvalue weighted by Crippen LogP contribution is -2.27.